The number of hydrogen-bond acceptors (Lipinski definition) is 3. The van der Waals surface area contributed by atoms with E-state index in [-0.39, 0.29) is 11.3 Å². The molecule has 0 aliphatic rings. The Bertz CT molecular complexity index is 569. The number of hydrogen-bond donors (Lipinski definition) is 1. The predicted molar refractivity (Wildman–Crippen MR) is 65.0 cm³/mol. The molecule has 92 valence electrons. The molecule has 1 amide bonds. The lowest BCUT2D eigenvalue weighted by Crippen LogP contribution is -2.27. The van der Waals surface area contributed by atoms with Crippen LogP contribution in [0.4, 0.5) is 10.1 Å². The Balaban J connectivity index is 2.29. The highest BCUT2D eigenvalue weighted by atomic mass is 19.1. The molecule has 4 nitrogen and oxygen atoms in total. The molecule has 1 aromatic heterocycles. The van der Waals surface area contributed by atoms with E-state index in [9.17, 15) is 9.18 Å². The summed E-state index contributed by atoms with van der Waals surface area (Å²) in [6.07, 6.45) is 1.28. The van der Waals surface area contributed by atoms with E-state index in [0.717, 1.165) is 0 Å². The number of pyridine rings is 1. The number of rotatable bonds is 2. The molecule has 0 aliphatic carbocycles. The van der Waals surface area contributed by atoms with Crippen molar-refractivity contribution in [3.8, 4) is 5.75 Å². The van der Waals surface area contributed by atoms with Crippen molar-refractivity contribution in [1.29, 1.82) is 0 Å². The van der Waals surface area contributed by atoms with E-state index in [1.165, 1.54) is 42.4 Å². The molecule has 0 atom stereocenters. The largest absolute Gasteiger partial charge is 0.508 e. The molecule has 1 N–H and O–H groups in total. The van der Waals surface area contributed by atoms with Gasteiger partial charge < -0.3 is 10.0 Å². The molecule has 0 spiro atoms. The molecule has 2 aromatic rings. The topological polar surface area (TPSA) is 53.4 Å². The number of carbonyl (C=O) groups excluding carboxylic acids is 1. The Morgan fingerprint density at radius 1 is 1.28 bits per heavy atom. The Hall–Kier alpha value is -2.43. The number of phenols is 1. The number of phenolic OH excluding ortho intramolecular Hbond substituents is 1. The second-order valence-corrected chi connectivity index (χ2v) is 3.72. The summed E-state index contributed by atoms with van der Waals surface area (Å²) in [6.45, 7) is 0. The van der Waals surface area contributed by atoms with Crippen LogP contribution in [0.2, 0.25) is 0 Å². The number of aromatic hydroxyl groups is 1. The fraction of sp³-hybridized carbons (Fsp3) is 0.0769. The second kappa shape index (κ2) is 4.83. The summed E-state index contributed by atoms with van der Waals surface area (Å²) in [5, 5.41) is 9.16. The first-order valence-electron chi connectivity index (χ1n) is 5.27. The number of benzene rings is 1. The number of nitrogens with zero attached hydrogens (tertiary/aromatic N) is 2. The van der Waals surface area contributed by atoms with Gasteiger partial charge in [0.2, 0.25) is 5.95 Å². The average molecular weight is 246 g/mol. The first kappa shape index (κ1) is 12.0. The van der Waals surface area contributed by atoms with Crippen molar-refractivity contribution < 1.29 is 14.3 Å². The van der Waals surface area contributed by atoms with E-state index in [1.54, 1.807) is 12.1 Å². The predicted octanol–water partition coefficient (Wildman–Crippen LogP) is 2.20. The Morgan fingerprint density at radius 2 is 1.94 bits per heavy atom. The van der Waals surface area contributed by atoms with Crippen molar-refractivity contribution in [2.45, 2.75) is 0 Å². The summed E-state index contributed by atoms with van der Waals surface area (Å²) in [4.78, 5) is 16.8. The molecule has 1 aromatic carbocycles. The minimum atomic E-state index is -0.798. The third-order valence-electron chi connectivity index (χ3n) is 2.53. The standard InChI is InChI=1S/C13H11FN2O2/c1-16(9-4-6-10(17)7-5-9)13(18)11-3-2-8-15-12(11)14/h2-8,17H,1H3. The number of aromatic nitrogens is 1. The first-order valence-corrected chi connectivity index (χ1v) is 5.27. The minimum Gasteiger partial charge on any atom is -0.508 e. The maximum atomic E-state index is 13.4. The SMILES string of the molecule is CN(C(=O)c1cccnc1F)c1ccc(O)cc1. The van der Waals surface area contributed by atoms with Gasteiger partial charge in [-0.3, -0.25) is 4.79 Å². The maximum absolute atomic E-state index is 13.4. The third kappa shape index (κ3) is 2.29. The van der Waals surface area contributed by atoms with Crippen molar-refractivity contribution in [3.05, 3.63) is 54.1 Å². The quantitative estimate of drug-likeness (QED) is 0.826. The zero-order valence-electron chi connectivity index (χ0n) is 9.67. The Morgan fingerprint density at radius 3 is 2.56 bits per heavy atom. The van der Waals surface area contributed by atoms with Crippen LogP contribution in [0.1, 0.15) is 10.4 Å². The lowest BCUT2D eigenvalue weighted by atomic mass is 10.2. The van der Waals surface area contributed by atoms with E-state index >= 15 is 0 Å². The molecular formula is C13H11FN2O2. The van der Waals surface area contributed by atoms with Gasteiger partial charge in [-0.1, -0.05) is 0 Å². The number of halogens is 1. The molecule has 0 radical (unpaired) electrons. The highest BCUT2D eigenvalue weighted by Gasteiger charge is 2.17. The van der Waals surface area contributed by atoms with E-state index in [2.05, 4.69) is 4.98 Å². The molecule has 0 unspecified atom stereocenters. The van der Waals surface area contributed by atoms with Gasteiger partial charge >= 0.3 is 0 Å². The summed E-state index contributed by atoms with van der Waals surface area (Å²) < 4.78 is 13.4. The van der Waals surface area contributed by atoms with E-state index in [0.29, 0.717) is 5.69 Å². The first-order chi connectivity index (χ1) is 8.59. The summed E-state index contributed by atoms with van der Waals surface area (Å²) >= 11 is 0. The highest BCUT2D eigenvalue weighted by Crippen LogP contribution is 2.19. The molecule has 0 saturated heterocycles. The average Bonchev–Trinajstić information content (AvgIpc) is 2.38. The zero-order chi connectivity index (χ0) is 13.1. The van der Waals surface area contributed by atoms with Crippen molar-refractivity contribution in [1.82, 2.24) is 4.98 Å². The van der Waals surface area contributed by atoms with Crippen LogP contribution < -0.4 is 4.90 Å². The number of carbonyl (C=O) groups is 1. The zero-order valence-corrected chi connectivity index (χ0v) is 9.67. The van der Waals surface area contributed by atoms with Gasteiger partial charge in [0, 0.05) is 18.9 Å². The molecule has 0 saturated carbocycles. The lowest BCUT2D eigenvalue weighted by molar-refractivity contribution is 0.0988. The van der Waals surface area contributed by atoms with Crippen LogP contribution in [0.3, 0.4) is 0 Å². The van der Waals surface area contributed by atoms with Crippen LogP contribution in [-0.4, -0.2) is 23.0 Å². The molecule has 1 heterocycles. The molecular weight excluding hydrogens is 235 g/mol. The van der Waals surface area contributed by atoms with E-state index in [1.807, 2.05) is 0 Å². The summed E-state index contributed by atoms with van der Waals surface area (Å²) in [5.74, 6) is -1.19. The van der Waals surface area contributed by atoms with Crippen molar-refractivity contribution in [3.63, 3.8) is 0 Å². The monoisotopic (exact) mass is 246 g/mol. The van der Waals surface area contributed by atoms with Gasteiger partial charge in [0.05, 0.1) is 5.56 Å². The Kier molecular flexibility index (Phi) is 3.23. The van der Waals surface area contributed by atoms with Crippen molar-refractivity contribution in [2.75, 3.05) is 11.9 Å². The van der Waals surface area contributed by atoms with Crippen molar-refractivity contribution >= 4 is 11.6 Å². The van der Waals surface area contributed by atoms with E-state index in [4.69, 9.17) is 5.11 Å². The lowest BCUT2D eigenvalue weighted by Gasteiger charge is -2.17. The highest BCUT2D eigenvalue weighted by molar-refractivity contribution is 6.05. The van der Waals surface area contributed by atoms with E-state index < -0.39 is 11.9 Å². The van der Waals surface area contributed by atoms with Crippen LogP contribution in [0.15, 0.2) is 42.6 Å². The second-order valence-electron chi connectivity index (χ2n) is 3.72. The number of anilines is 1. The normalized spacial score (nSPS) is 10.1. The Labute approximate surface area is 103 Å². The van der Waals surface area contributed by atoms with Gasteiger partial charge in [0.15, 0.2) is 0 Å². The molecule has 18 heavy (non-hydrogen) atoms. The minimum absolute atomic E-state index is 0.0897. The van der Waals surface area contributed by atoms with Gasteiger partial charge in [-0.15, -0.1) is 0 Å². The fourth-order valence-corrected chi connectivity index (χ4v) is 1.52. The van der Waals surface area contributed by atoms with Gasteiger partial charge in [-0.2, -0.15) is 4.39 Å². The summed E-state index contributed by atoms with van der Waals surface area (Å²) in [5.41, 5.74) is 0.467. The van der Waals surface area contributed by atoms with Crippen LogP contribution in [-0.2, 0) is 0 Å². The van der Waals surface area contributed by atoms with Gasteiger partial charge in [-0.05, 0) is 36.4 Å². The van der Waals surface area contributed by atoms with Crippen LogP contribution in [0.25, 0.3) is 0 Å². The molecule has 2 rings (SSSR count). The summed E-state index contributed by atoms with van der Waals surface area (Å²) in [6, 6.07) is 8.93. The molecule has 0 fully saturated rings. The maximum Gasteiger partial charge on any atom is 0.262 e. The van der Waals surface area contributed by atoms with Crippen molar-refractivity contribution in [2.24, 2.45) is 0 Å². The third-order valence-corrected chi connectivity index (χ3v) is 2.53. The molecule has 0 bridgehead atoms. The van der Waals surface area contributed by atoms with Gasteiger partial charge in [0.25, 0.3) is 5.91 Å². The van der Waals surface area contributed by atoms with Gasteiger partial charge in [-0.25, -0.2) is 4.98 Å². The van der Waals surface area contributed by atoms with Crippen LogP contribution in [0.5, 0.6) is 5.75 Å². The smallest absolute Gasteiger partial charge is 0.262 e. The number of amides is 1. The molecule has 5 heteroatoms. The summed E-state index contributed by atoms with van der Waals surface area (Å²) in [7, 11) is 1.53. The van der Waals surface area contributed by atoms with Crippen LogP contribution >= 0.6 is 0 Å². The van der Waals surface area contributed by atoms with Gasteiger partial charge in [0.1, 0.15) is 5.75 Å². The van der Waals surface area contributed by atoms with Crippen LogP contribution in [0, 0.1) is 5.95 Å². The molecule has 0 aliphatic heterocycles. The fourth-order valence-electron chi connectivity index (χ4n) is 1.52.